The van der Waals surface area contributed by atoms with Gasteiger partial charge in [0.1, 0.15) is 12.1 Å². The normalized spacial score (nSPS) is 24.2. The fraction of sp³-hybridized carbons (Fsp3) is 0.263. The van der Waals surface area contributed by atoms with Crippen LogP contribution in [0, 0.1) is 0 Å². The van der Waals surface area contributed by atoms with Gasteiger partial charge in [0.2, 0.25) is 0 Å². The molecule has 2 heterocycles. The maximum Gasteiger partial charge on any atom is 0.333 e. The van der Waals surface area contributed by atoms with Gasteiger partial charge in [-0.25, -0.2) is 9.59 Å². The van der Waals surface area contributed by atoms with Crippen molar-refractivity contribution in [1.29, 1.82) is 0 Å². The zero-order valence-electron chi connectivity index (χ0n) is 13.2. The summed E-state index contributed by atoms with van der Waals surface area (Å²) in [5.74, 6) is -0.868. The second-order valence-electron chi connectivity index (χ2n) is 6.24. The second kappa shape index (κ2) is 6.19. The first kappa shape index (κ1) is 15.1. The van der Waals surface area contributed by atoms with Gasteiger partial charge < -0.3 is 4.74 Å². The molecule has 0 spiro atoms. The Morgan fingerprint density at radius 3 is 1.58 bits per heavy atom. The van der Waals surface area contributed by atoms with Crippen molar-refractivity contribution in [3.63, 3.8) is 0 Å². The maximum atomic E-state index is 12.2. The number of esters is 2. The van der Waals surface area contributed by atoms with E-state index in [2.05, 4.69) is 0 Å². The Kier molecular flexibility index (Phi) is 3.88. The van der Waals surface area contributed by atoms with Crippen molar-refractivity contribution in [2.24, 2.45) is 0 Å². The quantitative estimate of drug-likeness (QED) is 0.634. The first-order chi connectivity index (χ1) is 11.7. The van der Waals surface area contributed by atoms with Gasteiger partial charge in [-0.1, -0.05) is 60.7 Å². The molecule has 24 heavy (non-hydrogen) atoms. The van der Waals surface area contributed by atoms with Crippen LogP contribution in [0.3, 0.4) is 0 Å². The first-order valence-corrected chi connectivity index (χ1v) is 8.04. The molecule has 2 aliphatic rings. The van der Waals surface area contributed by atoms with Crippen LogP contribution in [0.15, 0.2) is 60.7 Å². The highest BCUT2D eigenvalue weighted by molar-refractivity contribution is 6.01. The molecule has 2 saturated heterocycles. The molecule has 2 atom stereocenters. The van der Waals surface area contributed by atoms with Crippen LogP contribution >= 0.6 is 0 Å². The summed E-state index contributed by atoms with van der Waals surface area (Å²) in [7, 11) is 0. The van der Waals surface area contributed by atoms with Crippen molar-refractivity contribution >= 4 is 11.9 Å². The lowest BCUT2D eigenvalue weighted by molar-refractivity contribution is -0.155. The third-order valence-corrected chi connectivity index (χ3v) is 4.59. The summed E-state index contributed by atoms with van der Waals surface area (Å²) in [5.41, 5.74) is 2.23. The van der Waals surface area contributed by atoms with E-state index in [1.54, 1.807) is 0 Å². The minimum absolute atomic E-state index is 0.434. The van der Waals surface area contributed by atoms with Crippen LogP contribution in [-0.2, 0) is 27.4 Å². The van der Waals surface area contributed by atoms with Gasteiger partial charge in [0.15, 0.2) is 0 Å². The van der Waals surface area contributed by atoms with Gasteiger partial charge in [0.25, 0.3) is 0 Å². The van der Waals surface area contributed by atoms with Crippen molar-refractivity contribution in [2.45, 2.75) is 25.2 Å². The predicted octanol–water partition coefficient (Wildman–Crippen LogP) is 1.78. The topological polar surface area (TPSA) is 49.9 Å². The molecule has 0 saturated carbocycles. The van der Waals surface area contributed by atoms with Gasteiger partial charge in [0, 0.05) is 13.1 Å². The van der Waals surface area contributed by atoms with Gasteiger partial charge in [-0.15, -0.1) is 0 Å². The lowest BCUT2D eigenvalue weighted by Gasteiger charge is -2.21. The average Bonchev–Trinajstić information content (AvgIpc) is 3.09. The molecule has 0 N–H and O–H groups in total. The Labute approximate surface area is 140 Å². The molecule has 4 rings (SSSR count). The van der Waals surface area contributed by atoms with Gasteiger partial charge in [-0.3, -0.25) is 9.80 Å². The molecule has 0 amide bonds. The zero-order chi connectivity index (χ0) is 16.5. The number of hydrogen-bond donors (Lipinski definition) is 0. The predicted molar refractivity (Wildman–Crippen MR) is 87.5 cm³/mol. The minimum atomic E-state index is -0.513. The zero-order valence-corrected chi connectivity index (χ0v) is 13.2. The van der Waals surface area contributed by atoms with Crippen LogP contribution < -0.4 is 0 Å². The maximum absolute atomic E-state index is 12.2. The van der Waals surface area contributed by atoms with E-state index in [0.29, 0.717) is 19.8 Å². The Morgan fingerprint density at radius 1 is 0.750 bits per heavy atom. The van der Waals surface area contributed by atoms with E-state index in [-0.39, 0.29) is 0 Å². The van der Waals surface area contributed by atoms with Crippen LogP contribution in [0.5, 0.6) is 0 Å². The number of hydrogen-bond acceptors (Lipinski definition) is 5. The van der Waals surface area contributed by atoms with Crippen molar-refractivity contribution < 1.29 is 14.3 Å². The number of fused-ring (bicyclic) bond motifs is 1. The van der Waals surface area contributed by atoms with Crippen molar-refractivity contribution in [3.05, 3.63) is 71.8 Å². The molecule has 0 aliphatic carbocycles. The fourth-order valence-corrected chi connectivity index (χ4v) is 3.52. The second-order valence-corrected chi connectivity index (χ2v) is 6.24. The molecule has 2 aromatic carbocycles. The molecular formula is C19H18N2O3. The van der Waals surface area contributed by atoms with Gasteiger partial charge in [0.05, 0.1) is 6.67 Å². The fourth-order valence-electron chi connectivity index (χ4n) is 3.52. The minimum Gasteiger partial charge on any atom is -0.391 e. The molecular weight excluding hydrogens is 304 g/mol. The van der Waals surface area contributed by atoms with E-state index in [1.807, 2.05) is 70.5 Å². The number of nitrogens with zero attached hydrogens (tertiary/aromatic N) is 2. The average molecular weight is 322 g/mol. The van der Waals surface area contributed by atoms with Gasteiger partial charge in [-0.2, -0.15) is 0 Å². The highest BCUT2D eigenvalue weighted by Crippen LogP contribution is 2.30. The smallest absolute Gasteiger partial charge is 0.333 e. The molecule has 0 aromatic heterocycles. The van der Waals surface area contributed by atoms with Crippen LogP contribution in [-0.4, -0.2) is 40.5 Å². The molecule has 5 heteroatoms. The van der Waals surface area contributed by atoms with Crippen LogP contribution in [0.2, 0.25) is 0 Å². The first-order valence-electron chi connectivity index (χ1n) is 8.04. The highest BCUT2D eigenvalue weighted by Gasteiger charge is 2.55. The monoisotopic (exact) mass is 322 g/mol. The van der Waals surface area contributed by atoms with E-state index in [4.69, 9.17) is 4.74 Å². The Morgan fingerprint density at radius 2 is 1.17 bits per heavy atom. The van der Waals surface area contributed by atoms with Gasteiger partial charge in [-0.05, 0) is 11.1 Å². The summed E-state index contributed by atoms with van der Waals surface area (Å²) >= 11 is 0. The third-order valence-electron chi connectivity index (χ3n) is 4.59. The number of benzene rings is 2. The summed E-state index contributed by atoms with van der Waals surface area (Å²) in [6.07, 6.45) is 0. The van der Waals surface area contributed by atoms with Crippen LogP contribution in [0.25, 0.3) is 0 Å². The highest BCUT2D eigenvalue weighted by atomic mass is 16.6. The number of ether oxygens (including phenoxy) is 1. The van der Waals surface area contributed by atoms with E-state index in [0.717, 1.165) is 11.1 Å². The van der Waals surface area contributed by atoms with E-state index in [9.17, 15) is 9.59 Å². The van der Waals surface area contributed by atoms with E-state index < -0.39 is 24.0 Å². The standard InChI is InChI=1S/C19H18N2O3/c22-18-16-17(19(23)24-18)21(12-15-9-5-2-6-10-15)13-20(16)11-14-7-3-1-4-8-14/h1-10,16-17H,11-13H2/t16-,17+. The molecule has 122 valence electrons. The number of carbonyl (C=O) groups is 2. The van der Waals surface area contributed by atoms with E-state index in [1.165, 1.54) is 0 Å². The number of rotatable bonds is 4. The van der Waals surface area contributed by atoms with Gasteiger partial charge >= 0.3 is 11.9 Å². The molecule has 2 fully saturated rings. The Bertz CT molecular complexity index is 684. The lowest BCUT2D eigenvalue weighted by atomic mass is 10.1. The summed E-state index contributed by atoms with van der Waals surface area (Å²) in [5, 5.41) is 0. The molecule has 5 nitrogen and oxygen atoms in total. The van der Waals surface area contributed by atoms with Crippen molar-refractivity contribution in [1.82, 2.24) is 9.80 Å². The molecule has 2 aromatic rings. The van der Waals surface area contributed by atoms with Crippen LogP contribution in [0.1, 0.15) is 11.1 Å². The Hall–Kier alpha value is -2.50. The number of cyclic esters (lactones) is 2. The third kappa shape index (κ3) is 2.72. The summed E-state index contributed by atoms with van der Waals surface area (Å²) < 4.78 is 4.90. The summed E-state index contributed by atoms with van der Waals surface area (Å²) in [4.78, 5) is 28.4. The Balaban J connectivity index is 1.58. The molecule has 0 radical (unpaired) electrons. The lowest BCUT2D eigenvalue weighted by Crippen LogP contribution is -2.39. The molecule has 0 bridgehead atoms. The van der Waals surface area contributed by atoms with Crippen LogP contribution in [0.4, 0.5) is 0 Å². The molecule has 2 aliphatic heterocycles. The van der Waals surface area contributed by atoms with Crippen molar-refractivity contribution in [3.8, 4) is 0 Å². The summed E-state index contributed by atoms with van der Waals surface area (Å²) in [6, 6.07) is 18.9. The SMILES string of the molecule is O=C1OC(=O)[C@H]2[C@@H]1N(Cc1ccccc1)CN2Cc1ccccc1. The summed E-state index contributed by atoms with van der Waals surface area (Å²) in [6.45, 7) is 1.81. The number of carbonyl (C=O) groups excluding carboxylic acids is 2. The van der Waals surface area contributed by atoms with E-state index >= 15 is 0 Å². The molecule has 0 unspecified atom stereocenters. The largest absolute Gasteiger partial charge is 0.391 e. The van der Waals surface area contributed by atoms with Crippen molar-refractivity contribution in [2.75, 3.05) is 6.67 Å².